The van der Waals surface area contributed by atoms with E-state index < -0.39 is 0 Å². The van der Waals surface area contributed by atoms with Gasteiger partial charge in [-0.2, -0.15) is 5.26 Å². The first kappa shape index (κ1) is 14.3. The Morgan fingerprint density at radius 1 is 1.40 bits per heavy atom. The summed E-state index contributed by atoms with van der Waals surface area (Å²) >= 11 is 0. The van der Waals surface area contributed by atoms with Gasteiger partial charge in [0.1, 0.15) is 5.82 Å². The Balaban J connectivity index is 2.23. The third-order valence-electron chi connectivity index (χ3n) is 3.47. The lowest BCUT2D eigenvalue weighted by atomic mass is 10.1. The van der Waals surface area contributed by atoms with Gasteiger partial charge >= 0.3 is 0 Å². The maximum absolute atomic E-state index is 13.3. The van der Waals surface area contributed by atoms with Crippen LogP contribution in [0.5, 0.6) is 0 Å². The molecule has 1 aromatic carbocycles. The zero-order valence-corrected chi connectivity index (χ0v) is 11.7. The van der Waals surface area contributed by atoms with Gasteiger partial charge in [-0.1, -0.05) is 6.92 Å². The second-order valence-electron chi connectivity index (χ2n) is 4.78. The first-order valence-electron chi connectivity index (χ1n) is 6.69. The molecule has 0 bridgehead atoms. The molecule has 0 saturated carbocycles. The summed E-state index contributed by atoms with van der Waals surface area (Å²) in [4.78, 5) is 0. The van der Waals surface area contributed by atoms with Crippen molar-refractivity contribution in [1.82, 2.24) is 9.88 Å². The van der Waals surface area contributed by atoms with E-state index in [1.165, 1.54) is 23.8 Å². The van der Waals surface area contributed by atoms with Crippen LogP contribution in [0.25, 0.3) is 0 Å². The van der Waals surface area contributed by atoms with Crippen molar-refractivity contribution in [3.8, 4) is 6.07 Å². The van der Waals surface area contributed by atoms with E-state index in [2.05, 4.69) is 24.4 Å². The van der Waals surface area contributed by atoms with Gasteiger partial charge in [-0.3, -0.25) is 0 Å². The van der Waals surface area contributed by atoms with E-state index in [1.807, 2.05) is 24.0 Å². The van der Waals surface area contributed by atoms with Crippen LogP contribution in [0.2, 0.25) is 0 Å². The molecular weight excluding hydrogens is 253 g/mol. The highest BCUT2D eigenvalue weighted by Crippen LogP contribution is 2.18. The minimum Gasteiger partial charge on any atom is -0.350 e. The Labute approximate surface area is 118 Å². The molecule has 2 rings (SSSR count). The van der Waals surface area contributed by atoms with E-state index in [0.29, 0.717) is 23.7 Å². The highest BCUT2D eigenvalue weighted by Gasteiger charge is 2.09. The van der Waals surface area contributed by atoms with Crippen LogP contribution in [-0.4, -0.2) is 11.6 Å². The van der Waals surface area contributed by atoms with Crippen LogP contribution in [0.4, 0.5) is 4.39 Å². The Morgan fingerprint density at radius 3 is 2.85 bits per heavy atom. The molecule has 1 unspecified atom stereocenters. The van der Waals surface area contributed by atoms with Crippen molar-refractivity contribution >= 4 is 0 Å². The van der Waals surface area contributed by atoms with E-state index in [-0.39, 0.29) is 5.82 Å². The summed E-state index contributed by atoms with van der Waals surface area (Å²) in [6.07, 6.45) is 5.00. The zero-order valence-electron chi connectivity index (χ0n) is 11.7. The summed E-state index contributed by atoms with van der Waals surface area (Å²) < 4.78 is 15.3. The lowest BCUT2D eigenvalue weighted by Crippen LogP contribution is -2.14. The van der Waals surface area contributed by atoms with E-state index in [9.17, 15) is 4.39 Å². The molecule has 1 atom stereocenters. The molecule has 0 amide bonds. The molecule has 0 aliphatic rings. The third kappa shape index (κ3) is 3.06. The standard InChI is InChI=1S/C16H18FN3/c1-3-16(19-2)13-6-7-20(10-13)11-14-8-15(17)5-4-12(14)9-18/h4-8,10,16,19H,3,11H2,1-2H3. The molecule has 0 spiro atoms. The van der Waals surface area contributed by atoms with Gasteiger partial charge in [-0.15, -0.1) is 0 Å². The number of nitrogens with one attached hydrogen (secondary N) is 1. The average Bonchev–Trinajstić information content (AvgIpc) is 2.89. The average molecular weight is 271 g/mol. The van der Waals surface area contributed by atoms with Gasteiger partial charge in [0.05, 0.1) is 11.6 Å². The van der Waals surface area contributed by atoms with Crippen molar-refractivity contribution in [2.24, 2.45) is 0 Å². The van der Waals surface area contributed by atoms with E-state index >= 15 is 0 Å². The normalized spacial score (nSPS) is 12.1. The van der Waals surface area contributed by atoms with Crippen LogP contribution in [0.3, 0.4) is 0 Å². The Bertz CT molecular complexity index is 621. The minimum atomic E-state index is -0.312. The molecule has 0 radical (unpaired) electrons. The second kappa shape index (κ2) is 6.36. The van der Waals surface area contributed by atoms with E-state index in [4.69, 9.17) is 5.26 Å². The summed E-state index contributed by atoms with van der Waals surface area (Å²) in [6, 6.07) is 8.74. The summed E-state index contributed by atoms with van der Waals surface area (Å²) in [5, 5.41) is 12.3. The summed E-state index contributed by atoms with van der Waals surface area (Å²) in [6.45, 7) is 2.62. The van der Waals surface area contributed by atoms with Gasteiger partial charge in [0.15, 0.2) is 0 Å². The van der Waals surface area contributed by atoms with Crippen molar-refractivity contribution in [3.05, 3.63) is 59.2 Å². The Morgan fingerprint density at radius 2 is 2.20 bits per heavy atom. The molecule has 1 N–H and O–H groups in total. The fraction of sp³-hybridized carbons (Fsp3) is 0.312. The van der Waals surface area contributed by atoms with Crippen LogP contribution in [0.1, 0.15) is 36.1 Å². The molecule has 1 heterocycles. The zero-order chi connectivity index (χ0) is 14.5. The van der Waals surface area contributed by atoms with E-state index in [1.54, 1.807) is 0 Å². The fourth-order valence-electron chi connectivity index (χ4n) is 2.37. The molecule has 104 valence electrons. The molecule has 0 aliphatic carbocycles. The van der Waals surface area contributed by atoms with Crippen LogP contribution in [0.15, 0.2) is 36.7 Å². The van der Waals surface area contributed by atoms with Crippen LogP contribution in [0, 0.1) is 17.1 Å². The van der Waals surface area contributed by atoms with Gasteiger partial charge in [0.2, 0.25) is 0 Å². The lowest BCUT2D eigenvalue weighted by Gasteiger charge is -2.11. The monoisotopic (exact) mass is 271 g/mol. The van der Waals surface area contributed by atoms with Crippen molar-refractivity contribution in [2.45, 2.75) is 25.9 Å². The quantitative estimate of drug-likeness (QED) is 0.907. The molecular formula is C16H18FN3. The first-order valence-corrected chi connectivity index (χ1v) is 6.69. The summed E-state index contributed by atoms with van der Waals surface area (Å²) in [5.41, 5.74) is 2.42. The minimum absolute atomic E-state index is 0.312. The largest absolute Gasteiger partial charge is 0.350 e. The summed E-state index contributed by atoms with van der Waals surface area (Å²) in [7, 11) is 1.94. The molecule has 1 aromatic heterocycles. The van der Waals surface area contributed by atoms with Gasteiger partial charge in [0.25, 0.3) is 0 Å². The number of nitrogens with zero attached hydrogens (tertiary/aromatic N) is 2. The van der Waals surface area contributed by atoms with Crippen LogP contribution < -0.4 is 5.32 Å². The predicted molar refractivity (Wildman–Crippen MR) is 76.7 cm³/mol. The highest BCUT2D eigenvalue weighted by molar-refractivity contribution is 5.38. The number of aromatic nitrogens is 1. The number of rotatable bonds is 5. The molecule has 2 aromatic rings. The molecule has 0 saturated heterocycles. The lowest BCUT2D eigenvalue weighted by molar-refractivity contribution is 0.575. The van der Waals surface area contributed by atoms with Gasteiger partial charge in [0, 0.05) is 25.0 Å². The predicted octanol–water partition coefficient (Wildman–Crippen LogP) is 3.22. The smallest absolute Gasteiger partial charge is 0.123 e. The number of halogens is 1. The Kier molecular flexibility index (Phi) is 4.54. The molecule has 0 fully saturated rings. The summed E-state index contributed by atoms with van der Waals surface area (Å²) in [5.74, 6) is -0.312. The third-order valence-corrected chi connectivity index (χ3v) is 3.47. The maximum Gasteiger partial charge on any atom is 0.123 e. The van der Waals surface area contributed by atoms with E-state index in [0.717, 1.165) is 6.42 Å². The van der Waals surface area contributed by atoms with Gasteiger partial charge in [-0.25, -0.2) is 4.39 Å². The molecule has 3 nitrogen and oxygen atoms in total. The van der Waals surface area contributed by atoms with Crippen molar-refractivity contribution in [1.29, 1.82) is 5.26 Å². The number of hydrogen-bond acceptors (Lipinski definition) is 2. The van der Waals surface area contributed by atoms with Crippen LogP contribution in [-0.2, 0) is 6.54 Å². The molecule has 20 heavy (non-hydrogen) atoms. The van der Waals surface area contributed by atoms with Crippen molar-refractivity contribution in [3.63, 3.8) is 0 Å². The van der Waals surface area contributed by atoms with Gasteiger partial charge in [-0.05, 0) is 48.9 Å². The molecule has 4 heteroatoms. The first-order chi connectivity index (χ1) is 9.67. The van der Waals surface area contributed by atoms with Crippen molar-refractivity contribution < 1.29 is 4.39 Å². The second-order valence-corrected chi connectivity index (χ2v) is 4.78. The van der Waals surface area contributed by atoms with Crippen molar-refractivity contribution in [2.75, 3.05) is 7.05 Å². The maximum atomic E-state index is 13.3. The number of benzene rings is 1. The topological polar surface area (TPSA) is 40.8 Å². The molecule has 0 aliphatic heterocycles. The number of nitriles is 1. The highest BCUT2D eigenvalue weighted by atomic mass is 19.1. The fourth-order valence-corrected chi connectivity index (χ4v) is 2.37. The van der Waals surface area contributed by atoms with Gasteiger partial charge < -0.3 is 9.88 Å². The Hall–Kier alpha value is -2.12. The van der Waals surface area contributed by atoms with Crippen LogP contribution >= 0.6 is 0 Å². The SMILES string of the molecule is CCC(NC)c1ccn(Cc2cc(F)ccc2C#N)c1. The number of hydrogen-bond donors (Lipinski definition) is 1.